The Kier molecular flexibility index (Phi) is 6.92. The molecule has 4 aromatic carbocycles. The van der Waals surface area contributed by atoms with Gasteiger partial charge in [-0.15, -0.1) is 0 Å². The first kappa shape index (κ1) is 29.0. The van der Waals surface area contributed by atoms with Crippen LogP contribution >= 0.6 is 0 Å². The molecule has 0 unspecified atom stereocenters. The number of hydrogen-bond acceptors (Lipinski definition) is 3. The van der Waals surface area contributed by atoms with Gasteiger partial charge >= 0.3 is 0 Å². The molecule has 0 aliphatic heterocycles. The van der Waals surface area contributed by atoms with Crippen LogP contribution < -0.4 is 0 Å². The number of furan rings is 1. The smallest absolute Gasteiger partial charge is 0.165 e. The SMILES string of the molecule is Cc1ccccc1-c1ccc2c(c1)oc1c(-c3nc4ccc(C(C)(C)C)nc4n3-c3c(C(C)C)cccc3C(C)C)cccc12. The van der Waals surface area contributed by atoms with Crippen molar-refractivity contribution in [1.82, 2.24) is 14.5 Å². The number of nitrogens with zero attached hydrogens (tertiary/aromatic N) is 3. The highest BCUT2D eigenvalue weighted by Crippen LogP contribution is 2.41. The fourth-order valence-electron chi connectivity index (χ4n) is 6.58. The largest absolute Gasteiger partial charge is 0.455 e. The van der Waals surface area contributed by atoms with E-state index in [0.29, 0.717) is 11.8 Å². The summed E-state index contributed by atoms with van der Waals surface area (Å²) in [6.45, 7) is 17.9. The van der Waals surface area contributed by atoms with Crippen molar-refractivity contribution in [2.45, 2.75) is 72.6 Å². The second-order valence-corrected chi connectivity index (χ2v) is 14.0. The molecular formula is C41H41N3O. The first-order valence-electron chi connectivity index (χ1n) is 16.1. The van der Waals surface area contributed by atoms with Gasteiger partial charge in [0.05, 0.1) is 11.3 Å². The van der Waals surface area contributed by atoms with Crippen LogP contribution in [0.1, 0.15) is 82.7 Å². The summed E-state index contributed by atoms with van der Waals surface area (Å²) in [5.41, 5.74) is 12.7. The van der Waals surface area contributed by atoms with E-state index in [1.54, 1.807) is 0 Å². The molecule has 0 spiro atoms. The number of hydrogen-bond donors (Lipinski definition) is 0. The molecule has 7 aromatic rings. The summed E-state index contributed by atoms with van der Waals surface area (Å²) in [4.78, 5) is 10.6. The average Bonchev–Trinajstić information content (AvgIpc) is 3.58. The van der Waals surface area contributed by atoms with E-state index in [4.69, 9.17) is 14.4 Å². The van der Waals surface area contributed by atoms with Gasteiger partial charge in [0.2, 0.25) is 0 Å². The number of fused-ring (bicyclic) bond motifs is 4. The molecule has 3 heterocycles. The van der Waals surface area contributed by atoms with Crippen LogP contribution in [0.3, 0.4) is 0 Å². The zero-order valence-electron chi connectivity index (χ0n) is 27.6. The normalized spacial score (nSPS) is 12.4. The molecule has 0 radical (unpaired) electrons. The molecule has 226 valence electrons. The van der Waals surface area contributed by atoms with Crippen LogP contribution in [0.4, 0.5) is 0 Å². The molecule has 0 aliphatic carbocycles. The van der Waals surface area contributed by atoms with Gasteiger partial charge in [-0.1, -0.05) is 109 Å². The van der Waals surface area contributed by atoms with Crippen molar-refractivity contribution < 1.29 is 4.42 Å². The minimum absolute atomic E-state index is 0.102. The monoisotopic (exact) mass is 591 g/mol. The van der Waals surface area contributed by atoms with Crippen LogP contribution in [-0.4, -0.2) is 14.5 Å². The molecule has 7 rings (SSSR count). The molecule has 0 saturated carbocycles. The molecule has 0 aliphatic rings. The lowest BCUT2D eigenvalue weighted by Crippen LogP contribution is -2.14. The van der Waals surface area contributed by atoms with Crippen LogP contribution in [0.5, 0.6) is 0 Å². The second kappa shape index (κ2) is 10.7. The third-order valence-corrected chi connectivity index (χ3v) is 9.03. The highest BCUT2D eigenvalue weighted by molar-refractivity contribution is 6.10. The number of para-hydroxylation sites is 2. The Bertz CT molecular complexity index is 2200. The maximum absolute atomic E-state index is 6.79. The second-order valence-electron chi connectivity index (χ2n) is 14.0. The zero-order chi connectivity index (χ0) is 31.6. The molecular weight excluding hydrogens is 550 g/mol. The lowest BCUT2D eigenvalue weighted by atomic mass is 9.91. The van der Waals surface area contributed by atoms with Gasteiger partial charge < -0.3 is 4.42 Å². The van der Waals surface area contributed by atoms with Crippen molar-refractivity contribution in [3.8, 4) is 28.2 Å². The maximum atomic E-state index is 6.79. The molecule has 0 saturated heterocycles. The number of pyridine rings is 1. The van der Waals surface area contributed by atoms with Crippen LogP contribution in [0.25, 0.3) is 61.3 Å². The number of imidazole rings is 1. The number of benzene rings is 4. The van der Waals surface area contributed by atoms with E-state index in [9.17, 15) is 0 Å². The highest BCUT2D eigenvalue weighted by atomic mass is 16.3. The predicted octanol–water partition coefficient (Wildman–Crippen LogP) is 11.5. The van der Waals surface area contributed by atoms with Gasteiger partial charge in [-0.25, -0.2) is 9.97 Å². The van der Waals surface area contributed by atoms with Gasteiger partial charge in [0.15, 0.2) is 11.5 Å². The molecule has 4 nitrogen and oxygen atoms in total. The fraction of sp³-hybridized carbons (Fsp3) is 0.268. The first-order chi connectivity index (χ1) is 21.5. The van der Waals surface area contributed by atoms with E-state index >= 15 is 0 Å². The lowest BCUT2D eigenvalue weighted by Gasteiger charge is -2.23. The van der Waals surface area contributed by atoms with E-state index < -0.39 is 0 Å². The van der Waals surface area contributed by atoms with Crippen molar-refractivity contribution in [2.75, 3.05) is 0 Å². The van der Waals surface area contributed by atoms with Gasteiger partial charge in [0.25, 0.3) is 0 Å². The van der Waals surface area contributed by atoms with Crippen LogP contribution in [-0.2, 0) is 5.41 Å². The summed E-state index contributed by atoms with van der Waals surface area (Å²) in [7, 11) is 0. The minimum Gasteiger partial charge on any atom is -0.455 e. The number of aryl methyl sites for hydroxylation is 1. The third kappa shape index (κ3) is 4.84. The summed E-state index contributed by atoms with van der Waals surface area (Å²) < 4.78 is 9.10. The van der Waals surface area contributed by atoms with Gasteiger partial charge in [0, 0.05) is 21.9 Å². The molecule has 0 N–H and O–H groups in total. The van der Waals surface area contributed by atoms with Crippen LogP contribution in [0.2, 0.25) is 0 Å². The topological polar surface area (TPSA) is 43.9 Å². The van der Waals surface area contributed by atoms with E-state index in [-0.39, 0.29) is 5.41 Å². The zero-order valence-corrected chi connectivity index (χ0v) is 27.6. The van der Waals surface area contributed by atoms with Crippen molar-refractivity contribution in [3.05, 3.63) is 113 Å². The van der Waals surface area contributed by atoms with E-state index in [0.717, 1.165) is 55.7 Å². The maximum Gasteiger partial charge on any atom is 0.165 e. The van der Waals surface area contributed by atoms with Crippen molar-refractivity contribution in [3.63, 3.8) is 0 Å². The minimum atomic E-state index is -0.102. The summed E-state index contributed by atoms with van der Waals surface area (Å²) >= 11 is 0. The standard InChI is InChI=1S/C41H41N3O/c1-24(2)28-15-11-16-29(25(3)4)37(28)44-39(42-34-21-22-36(41(6,7)8)43-40(34)44)33-18-12-17-32-31-20-19-27(23-35(31)45-38(32)33)30-14-10-9-13-26(30)5/h9-25H,1-8H3. The Morgan fingerprint density at radius 3 is 2.07 bits per heavy atom. The van der Waals surface area contributed by atoms with Gasteiger partial charge in [0.1, 0.15) is 16.7 Å². The van der Waals surface area contributed by atoms with Gasteiger partial charge in [-0.05, 0) is 76.9 Å². The molecule has 45 heavy (non-hydrogen) atoms. The molecule has 0 bridgehead atoms. The highest BCUT2D eigenvalue weighted by Gasteiger charge is 2.26. The number of aromatic nitrogens is 3. The molecule has 3 aromatic heterocycles. The Hall–Kier alpha value is -4.70. The Balaban J connectivity index is 1.56. The molecule has 4 heteroatoms. The number of rotatable bonds is 5. The Morgan fingerprint density at radius 2 is 1.38 bits per heavy atom. The summed E-state index contributed by atoms with van der Waals surface area (Å²) in [6, 6.07) is 32.4. The molecule has 0 amide bonds. The Morgan fingerprint density at radius 1 is 0.689 bits per heavy atom. The van der Waals surface area contributed by atoms with Gasteiger partial charge in [-0.3, -0.25) is 4.57 Å². The quantitative estimate of drug-likeness (QED) is 0.200. The van der Waals surface area contributed by atoms with Crippen molar-refractivity contribution in [2.24, 2.45) is 0 Å². The fourth-order valence-corrected chi connectivity index (χ4v) is 6.58. The van der Waals surface area contributed by atoms with Crippen LogP contribution in [0.15, 0.2) is 95.4 Å². The van der Waals surface area contributed by atoms with Crippen LogP contribution in [0, 0.1) is 6.92 Å². The summed E-state index contributed by atoms with van der Waals surface area (Å²) in [5.74, 6) is 1.48. The Labute approximate surface area is 265 Å². The summed E-state index contributed by atoms with van der Waals surface area (Å²) in [5, 5.41) is 2.19. The van der Waals surface area contributed by atoms with E-state index in [1.807, 2.05) is 0 Å². The van der Waals surface area contributed by atoms with E-state index in [2.05, 4.69) is 151 Å². The molecule has 0 atom stereocenters. The van der Waals surface area contributed by atoms with Crippen molar-refractivity contribution >= 4 is 33.1 Å². The lowest BCUT2D eigenvalue weighted by molar-refractivity contribution is 0.570. The summed E-state index contributed by atoms with van der Waals surface area (Å²) in [6.07, 6.45) is 0. The third-order valence-electron chi connectivity index (χ3n) is 9.03. The molecule has 0 fully saturated rings. The average molecular weight is 592 g/mol. The predicted molar refractivity (Wildman–Crippen MR) is 189 cm³/mol. The first-order valence-corrected chi connectivity index (χ1v) is 16.1. The van der Waals surface area contributed by atoms with E-state index in [1.165, 1.54) is 27.9 Å². The van der Waals surface area contributed by atoms with Gasteiger partial charge in [-0.2, -0.15) is 0 Å². The van der Waals surface area contributed by atoms with Crippen molar-refractivity contribution in [1.29, 1.82) is 0 Å².